The van der Waals surface area contributed by atoms with Crippen LogP contribution >= 0.6 is 24.8 Å². The maximum atomic E-state index is 12.9. The highest BCUT2D eigenvalue weighted by Gasteiger charge is 2.19. The number of nitrogens with zero attached hydrogens (tertiary/aromatic N) is 2. The van der Waals surface area contributed by atoms with Crippen LogP contribution in [0.1, 0.15) is 28.8 Å². The first kappa shape index (κ1) is 22.9. The number of carbonyl (C=O) groups is 1. The molecule has 1 fully saturated rings. The van der Waals surface area contributed by atoms with E-state index >= 15 is 0 Å². The molecule has 0 saturated carbocycles. The van der Waals surface area contributed by atoms with Crippen LogP contribution < -0.4 is 16.2 Å². The van der Waals surface area contributed by atoms with Crippen LogP contribution in [0.4, 0.5) is 5.69 Å². The fourth-order valence-electron chi connectivity index (χ4n) is 3.64. The fraction of sp³-hybridized carbons (Fsp3) is 0.350. The minimum Gasteiger partial charge on any atom is -0.346 e. The number of hydrogen-bond acceptors (Lipinski definition) is 4. The van der Waals surface area contributed by atoms with Gasteiger partial charge in [0.2, 0.25) is 0 Å². The molecule has 29 heavy (non-hydrogen) atoms. The number of H-pyrrole nitrogens is 1. The van der Waals surface area contributed by atoms with Crippen LogP contribution in [0.2, 0.25) is 0 Å². The lowest BCUT2D eigenvalue weighted by molar-refractivity contribution is 0.102. The van der Waals surface area contributed by atoms with E-state index in [0.29, 0.717) is 23.7 Å². The van der Waals surface area contributed by atoms with Gasteiger partial charge in [0.15, 0.2) is 0 Å². The zero-order valence-electron chi connectivity index (χ0n) is 16.1. The van der Waals surface area contributed by atoms with Gasteiger partial charge < -0.3 is 20.2 Å². The summed E-state index contributed by atoms with van der Waals surface area (Å²) in [5.74, 6) is 0.0144. The first-order valence-corrected chi connectivity index (χ1v) is 9.27. The molecule has 1 saturated heterocycles. The molecule has 3 aromatic rings. The van der Waals surface area contributed by atoms with E-state index in [2.05, 4.69) is 20.6 Å². The number of halogens is 2. The van der Waals surface area contributed by atoms with Crippen molar-refractivity contribution in [1.82, 2.24) is 19.9 Å². The summed E-state index contributed by atoms with van der Waals surface area (Å²) < 4.78 is 1.66. The highest BCUT2D eigenvalue weighted by molar-refractivity contribution is 6.05. The third-order valence-corrected chi connectivity index (χ3v) is 5.11. The smallest absolute Gasteiger partial charge is 0.263 e. The lowest BCUT2D eigenvalue weighted by Crippen LogP contribution is -2.36. The first-order valence-electron chi connectivity index (χ1n) is 9.27. The molecule has 4 heterocycles. The van der Waals surface area contributed by atoms with Crippen LogP contribution in [-0.4, -0.2) is 33.5 Å². The Hall–Kier alpha value is -2.35. The van der Waals surface area contributed by atoms with E-state index in [0.717, 1.165) is 37.0 Å². The summed E-state index contributed by atoms with van der Waals surface area (Å²) in [5, 5.41) is 7.08. The predicted octanol–water partition coefficient (Wildman–Crippen LogP) is 3.13. The van der Waals surface area contributed by atoms with Crippen LogP contribution in [-0.2, 0) is 6.54 Å². The van der Waals surface area contributed by atoms with Gasteiger partial charge in [-0.05, 0) is 62.5 Å². The number of nitrogens with one attached hydrogen (secondary N) is 3. The van der Waals surface area contributed by atoms with Crippen LogP contribution in [0.3, 0.4) is 0 Å². The Balaban J connectivity index is 0.00000150. The van der Waals surface area contributed by atoms with Gasteiger partial charge in [-0.25, -0.2) is 4.98 Å². The zero-order chi connectivity index (χ0) is 18.8. The third-order valence-electron chi connectivity index (χ3n) is 5.11. The summed E-state index contributed by atoms with van der Waals surface area (Å²) in [6.07, 6.45) is 7.38. The Labute approximate surface area is 181 Å². The van der Waals surface area contributed by atoms with Gasteiger partial charge in [-0.1, -0.05) is 0 Å². The van der Waals surface area contributed by atoms with Crippen LogP contribution in [0.25, 0.3) is 11.0 Å². The van der Waals surface area contributed by atoms with Gasteiger partial charge in [-0.3, -0.25) is 9.59 Å². The standard InChI is InChI=1S/C20H23N5O2.2ClH/c1-13-5-8-25(12-14-3-2-6-21-10-14)20(27)17(13)19(26)24-16-9-15-4-7-22-18(15)23-11-16;;/h4-5,7-9,11,14,21H,2-3,6,10,12H2,1H3,(H,22,23)(H,24,26);2*1H. The second-order valence-electron chi connectivity index (χ2n) is 7.14. The molecule has 0 radical (unpaired) electrons. The Bertz CT molecular complexity index is 1040. The number of aryl methyl sites for hydroxylation is 1. The Morgan fingerprint density at radius 3 is 2.93 bits per heavy atom. The van der Waals surface area contributed by atoms with Crippen molar-refractivity contribution in [3.8, 4) is 0 Å². The van der Waals surface area contributed by atoms with Crippen LogP contribution in [0, 0.1) is 12.8 Å². The molecule has 3 aromatic heterocycles. The van der Waals surface area contributed by atoms with Crippen molar-refractivity contribution in [3.63, 3.8) is 0 Å². The second kappa shape index (κ2) is 9.91. The summed E-state index contributed by atoms with van der Waals surface area (Å²) in [7, 11) is 0. The number of aromatic amines is 1. The summed E-state index contributed by atoms with van der Waals surface area (Å²) in [5.41, 5.74) is 1.94. The molecule has 0 aromatic carbocycles. The lowest BCUT2D eigenvalue weighted by atomic mass is 9.99. The topological polar surface area (TPSA) is 91.8 Å². The van der Waals surface area contributed by atoms with E-state index in [1.165, 1.54) is 0 Å². The number of pyridine rings is 2. The van der Waals surface area contributed by atoms with Gasteiger partial charge in [-0.15, -0.1) is 24.8 Å². The largest absolute Gasteiger partial charge is 0.346 e. The normalized spacial score (nSPS) is 16.0. The average molecular weight is 438 g/mol. The summed E-state index contributed by atoms with van der Waals surface area (Å²) in [6.45, 7) is 4.36. The molecule has 1 amide bonds. The summed E-state index contributed by atoms with van der Waals surface area (Å²) >= 11 is 0. The van der Waals surface area contributed by atoms with Gasteiger partial charge in [0, 0.05) is 24.3 Å². The molecule has 156 valence electrons. The highest BCUT2D eigenvalue weighted by Crippen LogP contribution is 2.17. The average Bonchev–Trinajstić information content (AvgIpc) is 3.13. The summed E-state index contributed by atoms with van der Waals surface area (Å²) in [4.78, 5) is 33.0. The minimum atomic E-state index is -0.398. The Morgan fingerprint density at radius 2 is 2.17 bits per heavy atom. The number of hydrogen-bond donors (Lipinski definition) is 3. The van der Waals surface area contributed by atoms with Gasteiger partial charge in [0.25, 0.3) is 11.5 Å². The maximum Gasteiger partial charge on any atom is 0.263 e. The molecule has 4 rings (SSSR count). The van der Waals surface area contributed by atoms with E-state index in [1.807, 2.05) is 18.2 Å². The maximum absolute atomic E-state index is 12.9. The fourth-order valence-corrected chi connectivity index (χ4v) is 3.64. The van der Waals surface area contributed by atoms with Gasteiger partial charge in [0.05, 0.1) is 11.9 Å². The van der Waals surface area contributed by atoms with Crippen molar-refractivity contribution in [2.24, 2.45) is 5.92 Å². The minimum absolute atomic E-state index is 0. The summed E-state index contributed by atoms with van der Waals surface area (Å²) in [6, 6.07) is 5.55. The Kier molecular flexibility index (Phi) is 7.84. The van der Waals surface area contributed by atoms with Crippen molar-refractivity contribution < 1.29 is 4.79 Å². The van der Waals surface area contributed by atoms with Crippen molar-refractivity contribution in [1.29, 1.82) is 0 Å². The van der Waals surface area contributed by atoms with Crippen LogP contribution in [0.5, 0.6) is 0 Å². The lowest BCUT2D eigenvalue weighted by Gasteiger charge is -2.23. The molecule has 0 spiro atoms. The molecule has 9 heteroatoms. The SMILES string of the molecule is Cc1ccn(CC2CCCNC2)c(=O)c1C(=O)Nc1cnc2[nH]ccc2c1.Cl.Cl. The predicted molar refractivity (Wildman–Crippen MR) is 120 cm³/mol. The molecule has 0 aliphatic carbocycles. The van der Waals surface area contributed by atoms with Crippen molar-refractivity contribution in [3.05, 3.63) is 58.3 Å². The molecule has 1 aliphatic rings. The van der Waals surface area contributed by atoms with E-state index in [4.69, 9.17) is 0 Å². The highest BCUT2D eigenvalue weighted by atomic mass is 35.5. The van der Waals surface area contributed by atoms with Crippen molar-refractivity contribution in [2.45, 2.75) is 26.3 Å². The number of piperidine rings is 1. The molecule has 1 unspecified atom stereocenters. The number of aromatic nitrogens is 3. The van der Waals surface area contributed by atoms with Gasteiger partial charge in [0.1, 0.15) is 11.2 Å². The van der Waals surface area contributed by atoms with Crippen LogP contribution in [0.15, 0.2) is 41.6 Å². The number of fused-ring (bicyclic) bond motifs is 1. The third kappa shape index (κ3) is 4.98. The van der Waals surface area contributed by atoms with Gasteiger partial charge >= 0.3 is 0 Å². The van der Waals surface area contributed by atoms with Crippen molar-refractivity contribution >= 4 is 47.4 Å². The zero-order valence-corrected chi connectivity index (χ0v) is 17.7. The van der Waals surface area contributed by atoms with Gasteiger partial charge in [-0.2, -0.15) is 0 Å². The molecular formula is C20H25Cl2N5O2. The number of amides is 1. The number of rotatable bonds is 4. The van der Waals surface area contributed by atoms with E-state index in [9.17, 15) is 9.59 Å². The first-order chi connectivity index (χ1) is 13.1. The molecule has 0 bridgehead atoms. The molecule has 1 atom stereocenters. The van der Waals surface area contributed by atoms with E-state index < -0.39 is 5.91 Å². The molecule has 1 aliphatic heterocycles. The molecule has 7 nitrogen and oxygen atoms in total. The number of carbonyl (C=O) groups excluding carboxylic acids is 1. The van der Waals surface area contributed by atoms with Crippen molar-refractivity contribution in [2.75, 3.05) is 18.4 Å². The van der Waals surface area contributed by atoms with E-state index in [-0.39, 0.29) is 35.9 Å². The quantitative estimate of drug-likeness (QED) is 0.584. The molecule has 3 N–H and O–H groups in total. The second-order valence-corrected chi connectivity index (χ2v) is 7.14. The Morgan fingerprint density at radius 1 is 1.34 bits per heavy atom. The number of anilines is 1. The molecular weight excluding hydrogens is 413 g/mol. The monoisotopic (exact) mass is 437 g/mol. The van der Waals surface area contributed by atoms with E-state index in [1.54, 1.807) is 30.1 Å².